The van der Waals surface area contributed by atoms with Gasteiger partial charge < -0.3 is 5.32 Å². The molecule has 0 amide bonds. The van der Waals surface area contributed by atoms with E-state index in [-0.39, 0.29) is 0 Å². The number of nitrogens with zero attached hydrogens (tertiary/aromatic N) is 2. The van der Waals surface area contributed by atoms with E-state index < -0.39 is 0 Å². The molecule has 0 saturated heterocycles. The highest BCUT2D eigenvalue weighted by Crippen LogP contribution is 2.24. The predicted octanol–water partition coefficient (Wildman–Crippen LogP) is 2.82. The largest absolute Gasteiger partial charge is 0.369 e. The molecule has 0 unspecified atom stereocenters. The minimum absolute atomic E-state index is 0.662. The Morgan fingerprint density at radius 3 is 3.06 bits per heavy atom. The van der Waals surface area contributed by atoms with Crippen molar-refractivity contribution in [2.45, 2.75) is 32.1 Å². The summed E-state index contributed by atoms with van der Waals surface area (Å²) in [6, 6.07) is 4.22. The van der Waals surface area contributed by atoms with Gasteiger partial charge in [0.1, 0.15) is 11.9 Å². The van der Waals surface area contributed by atoms with Crippen molar-refractivity contribution in [3.05, 3.63) is 35.5 Å². The maximum atomic E-state index is 9.13. The van der Waals surface area contributed by atoms with E-state index in [1.807, 2.05) is 12.1 Å². The van der Waals surface area contributed by atoms with E-state index in [0.717, 1.165) is 37.3 Å². The van der Waals surface area contributed by atoms with E-state index in [4.69, 9.17) is 5.26 Å². The van der Waals surface area contributed by atoms with Crippen molar-refractivity contribution in [1.29, 1.82) is 5.26 Å². The number of hydrogen-bond donors (Lipinski definition) is 1. The Balaban J connectivity index is 2.24. The zero-order chi connectivity index (χ0) is 12.1. The molecule has 1 aromatic heterocycles. The molecule has 1 heterocycles. The summed E-state index contributed by atoms with van der Waals surface area (Å²) < 4.78 is 0. The number of nitriles is 1. The van der Waals surface area contributed by atoms with Crippen molar-refractivity contribution < 1.29 is 0 Å². The molecule has 0 aromatic carbocycles. The highest BCUT2D eigenvalue weighted by Gasteiger charge is 2.14. The molecule has 2 rings (SSSR count). The van der Waals surface area contributed by atoms with Crippen LogP contribution in [0.2, 0.25) is 0 Å². The fourth-order valence-corrected chi connectivity index (χ4v) is 2.15. The summed E-state index contributed by atoms with van der Waals surface area (Å²) >= 11 is 0. The van der Waals surface area contributed by atoms with Crippen molar-refractivity contribution in [2.75, 3.05) is 11.9 Å². The molecule has 3 nitrogen and oxygen atoms in total. The summed E-state index contributed by atoms with van der Waals surface area (Å²) in [6.45, 7) is 4.46. The van der Waals surface area contributed by atoms with Crippen LogP contribution in [0.15, 0.2) is 18.7 Å². The first-order chi connectivity index (χ1) is 8.35. The summed E-state index contributed by atoms with van der Waals surface area (Å²) in [5.74, 6) is 0.731. The van der Waals surface area contributed by atoms with E-state index in [1.54, 1.807) is 0 Å². The Morgan fingerprint density at radius 2 is 2.29 bits per heavy atom. The van der Waals surface area contributed by atoms with E-state index in [9.17, 15) is 0 Å². The van der Waals surface area contributed by atoms with Crippen molar-refractivity contribution in [2.24, 2.45) is 0 Å². The molecule has 88 valence electrons. The van der Waals surface area contributed by atoms with Crippen LogP contribution in [0.1, 0.15) is 36.1 Å². The smallest absolute Gasteiger partial charge is 0.144 e. The average molecular weight is 227 g/mol. The van der Waals surface area contributed by atoms with Gasteiger partial charge in [0, 0.05) is 12.2 Å². The molecule has 0 saturated carbocycles. The van der Waals surface area contributed by atoms with Crippen LogP contribution in [0.4, 0.5) is 5.82 Å². The third kappa shape index (κ3) is 2.65. The first kappa shape index (κ1) is 11.7. The minimum atomic E-state index is 0.662. The number of hydrogen-bond acceptors (Lipinski definition) is 3. The van der Waals surface area contributed by atoms with E-state index in [0.29, 0.717) is 5.56 Å². The lowest BCUT2D eigenvalue weighted by atomic mass is 9.95. The first-order valence-electron chi connectivity index (χ1n) is 6.13. The molecule has 0 radical (unpaired) electrons. The van der Waals surface area contributed by atoms with Gasteiger partial charge in [-0.25, -0.2) is 4.98 Å². The van der Waals surface area contributed by atoms with Gasteiger partial charge in [0.2, 0.25) is 0 Å². The molecular formula is C14H17N3. The average Bonchev–Trinajstić information content (AvgIpc) is 2.38. The van der Waals surface area contributed by atoms with Crippen LogP contribution in [0.25, 0.3) is 0 Å². The van der Waals surface area contributed by atoms with Gasteiger partial charge in [0.05, 0.1) is 5.56 Å². The summed E-state index contributed by atoms with van der Waals surface area (Å²) in [5, 5.41) is 12.3. The van der Waals surface area contributed by atoms with Crippen LogP contribution in [-0.4, -0.2) is 11.5 Å². The maximum absolute atomic E-state index is 9.13. The van der Waals surface area contributed by atoms with Crippen LogP contribution in [0.5, 0.6) is 0 Å². The molecule has 3 heteroatoms. The molecule has 0 aliphatic heterocycles. The Hall–Kier alpha value is -1.82. The molecule has 17 heavy (non-hydrogen) atoms. The zero-order valence-corrected chi connectivity index (χ0v) is 10.00. The van der Waals surface area contributed by atoms with Gasteiger partial charge in [-0.05, 0) is 43.7 Å². The van der Waals surface area contributed by atoms with Crippen molar-refractivity contribution >= 4 is 5.82 Å². The molecular weight excluding hydrogens is 210 g/mol. The van der Waals surface area contributed by atoms with Crippen molar-refractivity contribution in [1.82, 2.24) is 4.98 Å². The lowest BCUT2D eigenvalue weighted by Crippen LogP contribution is -2.11. The maximum Gasteiger partial charge on any atom is 0.144 e. The van der Waals surface area contributed by atoms with Gasteiger partial charge in [-0.3, -0.25) is 0 Å². The Bertz CT molecular complexity index is 457. The van der Waals surface area contributed by atoms with Crippen LogP contribution < -0.4 is 5.32 Å². The van der Waals surface area contributed by atoms with Gasteiger partial charge in [0.25, 0.3) is 0 Å². The number of anilines is 1. The number of rotatable bonds is 4. The fraction of sp³-hybridized carbons (Fsp3) is 0.429. The lowest BCUT2D eigenvalue weighted by molar-refractivity contribution is 0.668. The second-order valence-corrected chi connectivity index (χ2v) is 4.31. The van der Waals surface area contributed by atoms with Gasteiger partial charge in [-0.1, -0.05) is 6.08 Å². The Kier molecular flexibility index (Phi) is 3.77. The zero-order valence-electron chi connectivity index (χ0n) is 10.00. The molecule has 0 fully saturated rings. The number of nitrogens with one attached hydrogen (secondary N) is 1. The minimum Gasteiger partial charge on any atom is -0.369 e. The quantitative estimate of drug-likeness (QED) is 0.635. The van der Waals surface area contributed by atoms with Gasteiger partial charge in [0.15, 0.2) is 0 Å². The standard InChI is InChI=1S/C14H17N3/c1-2-3-8-16-14-12(10-15)9-11-6-4-5-7-13(11)17-14/h2,9H,1,3-8H2,(H,16,17). The Labute approximate surface area is 102 Å². The van der Waals surface area contributed by atoms with E-state index >= 15 is 0 Å². The number of aryl methyl sites for hydroxylation is 2. The molecule has 0 bridgehead atoms. The molecule has 1 aliphatic rings. The van der Waals surface area contributed by atoms with Gasteiger partial charge in [-0.15, -0.1) is 6.58 Å². The van der Waals surface area contributed by atoms with E-state index in [1.165, 1.54) is 18.4 Å². The molecule has 1 N–H and O–H groups in total. The summed E-state index contributed by atoms with van der Waals surface area (Å²) in [6.07, 6.45) is 7.25. The number of aromatic nitrogens is 1. The first-order valence-corrected chi connectivity index (χ1v) is 6.13. The summed E-state index contributed by atoms with van der Waals surface area (Å²) in [7, 11) is 0. The third-order valence-electron chi connectivity index (χ3n) is 3.06. The highest BCUT2D eigenvalue weighted by atomic mass is 15.0. The van der Waals surface area contributed by atoms with Gasteiger partial charge >= 0.3 is 0 Å². The normalized spacial score (nSPS) is 13.6. The SMILES string of the molecule is C=CCCNc1nc2c(cc1C#N)CCCC2. The Morgan fingerprint density at radius 1 is 1.47 bits per heavy atom. The van der Waals surface area contributed by atoms with Crippen LogP contribution in [0, 0.1) is 11.3 Å². The second-order valence-electron chi connectivity index (χ2n) is 4.31. The monoisotopic (exact) mass is 227 g/mol. The summed E-state index contributed by atoms with van der Waals surface area (Å²) in [5.41, 5.74) is 3.08. The highest BCUT2D eigenvalue weighted by molar-refractivity contribution is 5.54. The van der Waals surface area contributed by atoms with Crippen LogP contribution in [0.3, 0.4) is 0 Å². The molecule has 1 aliphatic carbocycles. The van der Waals surface area contributed by atoms with E-state index in [2.05, 4.69) is 22.9 Å². The number of fused-ring (bicyclic) bond motifs is 1. The fourth-order valence-electron chi connectivity index (χ4n) is 2.15. The van der Waals surface area contributed by atoms with Crippen LogP contribution in [-0.2, 0) is 12.8 Å². The summed E-state index contributed by atoms with van der Waals surface area (Å²) in [4.78, 5) is 4.59. The van der Waals surface area contributed by atoms with Crippen LogP contribution >= 0.6 is 0 Å². The van der Waals surface area contributed by atoms with Gasteiger partial charge in [-0.2, -0.15) is 5.26 Å². The number of pyridine rings is 1. The molecule has 0 spiro atoms. The lowest BCUT2D eigenvalue weighted by Gasteiger charge is -2.17. The molecule has 1 aromatic rings. The predicted molar refractivity (Wildman–Crippen MR) is 68.9 cm³/mol. The van der Waals surface area contributed by atoms with Crippen molar-refractivity contribution in [3.8, 4) is 6.07 Å². The topological polar surface area (TPSA) is 48.7 Å². The third-order valence-corrected chi connectivity index (χ3v) is 3.06. The molecule has 0 atom stereocenters. The second kappa shape index (κ2) is 5.49. The van der Waals surface area contributed by atoms with Crippen molar-refractivity contribution in [3.63, 3.8) is 0 Å².